The Labute approximate surface area is 122 Å². The molecule has 0 aromatic carbocycles. The first-order valence-electron chi connectivity index (χ1n) is 7.09. The molecule has 0 rings (SSSR count). The average Bonchev–Trinajstić information content (AvgIpc) is 2.30. The Kier molecular flexibility index (Phi) is 7.57. The van der Waals surface area contributed by atoms with E-state index in [-0.39, 0.29) is 17.4 Å². The Morgan fingerprint density at radius 2 is 1.70 bits per heavy atom. The quantitative estimate of drug-likeness (QED) is 0.729. The summed E-state index contributed by atoms with van der Waals surface area (Å²) in [6.07, 6.45) is 0. The molecule has 6 heteroatoms. The summed E-state index contributed by atoms with van der Waals surface area (Å²) in [5.74, 6) is 0.0436. The minimum absolute atomic E-state index is 0.0523. The maximum atomic E-state index is 12.1. The molecule has 20 heavy (non-hydrogen) atoms. The number of hydrogen-bond acceptors (Lipinski definition) is 3. The summed E-state index contributed by atoms with van der Waals surface area (Å²) in [5, 5.41) is 2.52. The van der Waals surface area contributed by atoms with Crippen molar-refractivity contribution in [1.29, 1.82) is 0 Å². The van der Waals surface area contributed by atoms with E-state index < -0.39 is 6.03 Å². The van der Waals surface area contributed by atoms with Crippen LogP contribution in [0.5, 0.6) is 0 Å². The van der Waals surface area contributed by atoms with Gasteiger partial charge in [0.15, 0.2) is 0 Å². The molecule has 0 bridgehead atoms. The standard InChI is InChI=1S/C14H30N4O2/c1-11(2)12(19)18(8-7-16-13(15)20)10-9-17(6)14(3,4)5/h11H,7-10H2,1-6H3,(H3,15,16,20). The van der Waals surface area contributed by atoms with Crippen molar-refractivity contribution in [2.24, 2.45) is 11.7 Å². The van der Waals surface area contributed by atoms with Crippen molar-refractivity contribution < 1.29 is 9.59 Å². The first-order valence-corrected chi connectivity index (χ1v) is 7.09. The second-order valence-corrected chi connectivity index (χ2v) is 6.36. The number of rotatable bonds is 7. The van der Waals surface area contributed by atoms with Gasteiger partial charge in [0.1, 0.15) is 0 Å². The molecule has 0 atom stereocenters. The fourth-order valence-corrected chi connectivity index (χ4v) is 1.62. The lowest BCUT2D eigenvalue weighted by Gasteiger charge is -2.34. The SMILES string of the molecule is CC(C)C(=O)N(CCNC(N)=O)CCN(C)C(C)(C)C. The maximum absolute atomic E-state index is 12.1. The van der Waals surface area contributed by atoms with E-state index in [1.54, 1.807) is 4.90 Å². The number of amides is 3. The molecular formula is C14H30N4O2. The number of carbonyl (C=O) groups excluding carboxylic acids is 2. The second-order valence-electron chi connectivity index (χ2n) is 6.36. The highest BCUT2D eigenvalue weighted by molar-refractivity contribution is 5.78. The first-order chi connectivity index (χ1) is 9.05. The highest BCUT2D eigenvalue weighted by Crippen LogP contribution is 2.10. The number of urea groups is 1. The fraction of sp³-hybridized carbons (Fsp3) is 0.857. The predicted molar refractivity (Wildman–Crippen MR) is 81.4 cm³/mol. The smallest absolute Gasteiger partial charge is 0.312 e. The van der Waals surface area contributed by atoms with Crippen LogP contribution in [0.2, 0.25) is 0 Å². The third-order valence-electron chi connectivity index (χ3n) is 3.34. The third kappa shape index (κ3) is 7.33. The first kappa shape index (κ1) is 18.7. The van der Waals surface area contributed by atoms with Crippen molar-refractivity contribution in [3.05, 3.63) is 0 Å². The van der Waals surface area contributed by atoms with Gasteiger partial charge in [0, 0.05) is 37.6 Å². The molecule has 3 amide bonds. The summed E-state index contributed by atoms with van der Waals surface area (Å²) in [4.78, 5) is 26.8. The van der Waals surface area contributed by atoms with Gasteiger partial charge in [-0.1, -0.05) is 13.8 Å². The minimum atomic E-state index is -0.561. The number of hydrogen-bond donors (Lipinski definition) is 2. The lowest BCUT2D eigenvalue weighted by Crippen LogP contribution is -2.47. The molecule has 0 spiro atoms. The van der Waals surface area contributed by atoms with E-state index in [4.69, 9.17) is 5.73 Å². The van der Waals surface area contributed by atoms with Crippen LogP contribution in [0.1, 0.15) is 34.6 Å². The van der Waals surface area contributed by atoms with Crippen molar-refractivity contribution in [3.63, 3.8) is 0 Å². The number of nitrogens with two attached hydrogens (primary N) is 1. The average molecular weight is 286 g/mol. The van der Waals surface area contributed by atoms with E-state index >= 15 is 0 Å². The van der Waals surface area contributed by atoms with Crippen molar-refractivity contribution in [2.75, 3.05) is 33.2 Å². The molecule has 0 unspecified atom stereocenters. The van der Waals surface area contributed by atoms with Crippen LogP contribution in [0.3, 0.4) is 0 Å². The topological polar surface area (TPSA) is 78.7 Å². The second kappa shape index (κ2) is 8.09. The highest BCUT2D eigenvalue weighted by atomic mass is 16.2. The molecule has 0 fully saturated rings. The van der Waals surface area contributed by atoms with E-state index in [1.807, 2.05) is 20.9 Å². The molecule has 3 N–H and O–H groups in total. The zero-order valence-electron chi connectivity index (χ0n) is 13.7. The third-order valence-corrected chi connectivity index (χ3v) is 3.34. The van der Waals surface area contributed by atoms with Crippen LogP contribution in [0.4, 0.5) is 4.79 Å². The lowest BCUT2D eigenvalue weighted by molar-refractivity contribution is -0.134. The van der Waals surface area contributed by atoms with Gasteiger partial charge in [-0.3, -0.25) is 9.69 Å². The molecule has 0 aliphatic rings. The molecule has 0 aromatic rings. The summed E-state index contributed by atoms with van der Waals surface area (Å²) in [7, 11) is 2.04. The molecular weight excluding hydrogens is 256 g/mol. The van der Waals surface area contributed by atoms with Crippen LogP contribution in [0, 0.1) is 5.92 Å². The van der Waals surface area contributed by atoms with Crippen molar-refractivity contribution in [2.45, 2.75) is 40.2 Å². The van der Waals surface area contributed by atoms with E-state index in [1.165, 1.54) is 0 Å². The molecule has 6 nitrogen and oxygen atoms in total. The largest absolute Gasteiger partial charge is 0.352 e. The zero-order valence-corrected chi connectivity index (χ0v) is 13.7. The van der Waals surface area contributed by atoms with Gasteiger partial charge in [-0.05, 0) is 27.8 Å². The Morgan fingerprint density at radius 1 is 1.15 bits per heavy atom. The fourth-order valence-electron chi connectivity index (χ4n) is 1.62. The number of nitrogens with one attached hydrogen (secondary N) is 1. The van der Waals surface area contributed by atoms with Crippen LogP contribution < -0.4 is 11.1 Å². The summed E-state index contributed by atoms with van der Waals surface area (Å²) in [5.41, 5.74) is 5.10. The number of primary amides is 1. The normalized spacial score (nSPS) is 11.8. The summed E-state index contributed by atoms with van der Waals surface area (Å²) >= 11 is 0. The van der Waals surface area contributed by atoms with Crippen LogP contribution in [0.25, 0.3) is 0 Å². The number of likely N-dealkylation sites (N-methyl/N-ethyl adjacent to an activating group) is 1. The van der Waals surface area contributed by atoms with Gasteiger partial charge >= 0.3 is 6.03 Å². The lowest BCUT2D eigenvalue weighted by atomic mass is 10.1. The summed E-state index contributed by atoms with van der Waals surface area (Å²) in [6, 6.07) is -0.561. The molecule has 0 saturated heterocycles. The summed E-state index contributed by atoms with van der Waals surface area (Å²) < 4.78 is 0. The number of nitrogens with zero attached hydrogens (tertiary/aromatic N) is 2. The molecule has 118 valence electrons. The van der Waals surface area contributed by atoms with Gasteiger partial charge in [0.25, 0.3) is 0 Å². The molecule has 0 aromatic heterocycles. The molecule has 0 aliphatic carbocycles. The van der Waals surface area contributed by atoms with E-state index in [0.717, 1.165) is 6.54 Å². The Morgan fingerprint density at radius 3 is 2.10 bits per heavy atom. The van der Waals surface area contributed by atoms with Crippen LogP contribution >= 0.6 is 0 Å². The van der Waals surface area contributed by atoms with Crippen molar-refractivity contribution in [1.82, 2.24) is 15.1 Å². The van der Waals surface area contributed by atoms with Gasteiger partial charge < -0.3 is 16.0 Å². The van der Waals surface area contributed by atoms with Crippen LogP contribution in [0.15, 0.2) is 0 Å². The van der Waals surface area contributed by atoms with E-state index in [0.29, 0.717) is 19.6 Å². The molecule has 0 heterocycles. The van der Waals surface area contributed by atoms with Crippen molar-refractivity contribution >= 4 is 11.9 Å². The number of carbonyl (C=O) groups is 2. The summed E-state index contributed by atoms with van der Waals surface area (Å²) in [6.45, 7) is 12.5. The Bertz CT molecular complexity index is 324. The minimum Gasteiger partial charge on any atom is -0.352 e. The van der Waals surface area contributed by atoms with Gasteiger partial charge in [-0.15, -0.1) is 0 Å². The Balaban J connectivity index is 4.46. The van der Waals surface area contributed by atoms with E-state index in [9.17, 15) is 9.59 Å². The zero-order chi connectivity index (χ0) is 15.9. The molecule has 0 saturated carbocycles. The highest BCUT2D eigenvalue weighted by Gasteiger charge is 2.21. The Hall–Kier alpha value is -1.30. The van der Waals surface area contributed by atoms with Crippen LogP contribution in [-0.2, 0) is 4.79 Å². The van der Waals surface area contributed by atoms with Gasteiger partial charge in [0.2, 0.25) is 5.91 Å². The van der Waals surface area contributed by atoms with Crippen LogP contribution in [-0.4, -0.2) is 60.5 Å². The maximum Gasteiger partial charge on any atom is 0.312 e. The predicted octanol–water partition coefficient (Wildman–Crippen LogP) is 0.870. The van der Waals surface area contributed by atoms with Gasteiger partial charge in [-0.2, -0.15) is 0 Å². The van der Waals surface area contributed by atoms with Gasteiger partial charge in [0.05, 0.1) is 0 Å². The van der Waals surface area contributed by atoms with Gasteiger partial charge in [-0.25, -0.2) is 4.79 Å². The van der Waals surface area contributed by atoms with Crippen molar-refractivity contribution in [3.8, 4) is 0 Å². The van der Waals surface area contributed by atoms with E-state index in [2.05, 4.69) is 31.0 Å². The molecule has 0 radical (unpaired) electrons. The molecule has 0 aliphatic heterocycles. The monoisotopic (exact) mass is 286 g/mol.